The molecule has 0 saturated carbocycles. The largest absolute Gasteiger partial charge is 0.221 e. The van der Waals surface area contributed by atoms with Crippen molar-refractivity contribution in [1.82, 2.24) is 0 Å². The molecule has 0 spiro atoms. The van der Waals surface area contributed by atoms with Crippen molar-refractivity contribution in [2.24, 2.45) is 0 Å². The van der Waals surface area contributed by atoms with Gasteiger partial charge in [-0.15, -0.1) is 0 Å². The van der Waals surface area contributed by atoms with E-state index in [0.29, 0.717) is 72.5 Å². The maximum Gasteiger partial charge on any atom is 0.221 e. The van der Waals surface area contributed by atoms with Crippen molar-refractivity contribution in [3.63, 3.8) is 0 Å². The van der Waals surface area contributed by atoms with Gasteiger partial charge >= 0.3 is 0 Å². The Morgan fingerprint density at radius 2 is 0.415 bits per heavy atom. The van der Waals surface area contributed by atoms with Crippen LogP contribution in [0.3, 0.4) is 0 Å². The van der Waals surface area contributed by atoms with Crippen LogP contribution >= 0.6 is 0 Å². The SMILES string of the molecule is CC[Si](CC)(CC)C(C)(F)[N+](C(C)(F)[Si](CC)(CC)CC)(C(C)(F)[Si](CC)(CC)CC)C(C)(F)[Si](CC)(CC)CC. The van der Waals surface area contributed by atoms with Gasteiger partial charge < -0.3 is 0 Å². The third-order valence-electron chi connectivity index (χ3n) is 14.5. The predicted molar refractivity (Wildman–Crippen MR) is 187 cm³/mol. The Labute approximate surface area is 258 Å². The van der Waals surface area contributed by atoms with Gasteiger partial charge in [0.2, 0.25) is 21.7 Å². The molecule has 41 heavy (non-hydrogen) atoms. The first-order valence-corrected chi connectivity index (χ1v) is 27.9. The van der Waals surface area contributed by atoms with Crippen LogP contribution in [0, 0.1) is 0 Å². The highest BCUT2D eigenvalue weighted by Gasteiger charge is 2.88. The zero-order valence-corrected chi connectivity index (χ0v) is 34.4. The lowest BCUT2D eigenvalue weighted by molar-refractivity contribution is -1.10. The van der Waals surface area contributed by atoms with E-state index < -0.39 is 58.4 Å². The molecule has 248 valence electrons. The summed E-state index contributed by atoms with van der Waals surface area (Å²) in [6.07, 6.45) is 0. The molecule has 0 amide bonds. The summed E-state index contributed by atoms with van der Waals surface area (Å²) in [5.74, 6) is 0. The van der Waals surface area contributed by atoms with Gasteiger partial charge in [0.05, 0.1) is 0 Å². The minimum absolute atomic E-state index is 0.548. The summed E-state index contributed by atoms with van der Waals surface area (Å²) in [6.45, 7) is 30.1. The Balaban J connectivity index is 9.45. The Morgan fingerprint density at radius 1 is 0.317 bits per heavy atom. The van der Waals surface area contributed by atoms with Crippen molar-refractivity contribution in [1.29, 1.82) is 0 Å². The van der Waals surface area contributed by atoms with E-state index in [4.69, 9.17) is 0 Å². The lowest BCUT2D eigenvalue weighted by Gasteiger charge is -2.74. The molecule has 0 aromatic carbocycles. The van der Waals surface area contributed by atoms with Gasteiger partial charge in [-0.05, 0) is 0 Å². The van der Waals surface area contributed by atoms with Crippen LogP contribution in [0.15, 0.2) is 0 Å². The van der Waals surface area contributed by atoms with Gasteiger partial charge in [0.1, 0.15) is 0 Å². The van der Waals surface area contributed by atoms with Crippen LogP contribution in [0.2, 0.25) is 72.5 Å². The summed E-state index contributed by atoms with van der Waals surface area (Å²) in [5.41, 5.74) is -9.41. The predicted octanol–water partition coefficient (Wildman–Crippen LogP) is 12.7. The summed E-state index contributed by atoms with van der Waals surface area (Å²) in [7, 11) is -12.4. The first-order valence-electron chi connectivity index (χ1n) is 17.4. The molecule has 0 aromatic heterocycles. The number of hydrogen-bond acceptors (Lipinski definition) is 0. The number of nitrogens with zero attached hydrogens (tertiary/aromatic N) is 1. The van der Waals surface area contributed by atoms with Crippen LogP contribution in [-0.2, 0) is 0 Å². The molecule has 1 nitrogen and oxygen atoms in total. The average molecular weight is 659 g/mol. The van der Waals surface area contributed by atoms with Crippen molar-refractivity contribution < 1.29 is 22.0 Å². The monoisotopic (exact) mass is 658 g/mol. The summed E-state index contributed by atoms with van der Waals surface area (Å²) in [5, 5.41) is 0. The van der Waals surface area contributed by atoms with Gasteiger partial charge in [0.25, 0.3) is 0 Å². The molecule has 0 radical (unpaired) electrons. The summed E-state index contributed by atoms with van der Waals surface area (Å²) in [6, 6.07) is 6.57. The fourth-order valence-electron chi connectivity index (χ4n) is 10.7. The van der Waals surface area contributed by atoms with Crippen molar-refractivity contribution in [2.45, 2.75) is 205 Å². The zero-order chi connectivity index (χ0) is 33.0. The highest BCUT2D eigenvalue weighted by atomic mass is 28.3. The fraction of sp³-hybridized carbons (Fsp3) is 1.00. The number of hydrogen-bond donors (Lipinski definition) is 0. The molecule has 0 aliphatic rings. The van der Waals surface area contributed by atoms with Gasteiger partial charge in [-0.2, -0.15) is 17.6 Å². The van der Waals surface area contributed by atoms with Crippen LogP contribution in [0.25, 0.3) is 0 Å². The van der Waals surface area contributed by atoms with E-state index >= 15 is 17.6 Å². The average Bonchev–Trinajstić information content (AvgIpc) is 2.92. The minimum Gasteiger partial charge on any atom is -0.217 e. The standard InChI is InChI=1S/C32H72F4NSi4/c1-17-38(18-2,19-3)29(13,33)37(30(14,34)39(20-4,21-5)22-6,31(15,35)40(23-7,24-8)25-9)32(16,36)41(26-10,27-11)28-12/h17-28H2,1-16H3/q+1. The Kier molecular flexibility index (Phi) is 14.5. The van der Waals surface area contributed by atoms with Crippen molar-refractivity contribution in [3.8, 4) is 0 Å². The maximum atomic E-state index is 19.4. The number of rotatable bonds is 20. The van der Waals surface area contributed by atoms with Gasteiger partial charge in [0.15, 0.2) is 32.3 Å². The van der Waals surface area contributed by atoms with Crippen molar-refractivity contribution in [3.05, 3.63) is 0 Å². The van der Waals surface area contributed by atoms with E-state index in [9.17, 15) is 0 Å². The molecule has 0 aliphatic carbocycles. The molecule has 4 atom stereocenters. The molecular formula is C32H72F4NSi4+. The second-order valence-electron chi connectivity index (χ2n) is 13.8. The molecule has 0 saturated heterocycles. The zero-order valence-electron chi connectivity index (χ0n) is 30.4. The second kappa shape index (κ2) is 14.3. The molecule has 0 bridgehead atoms. The maximum absolute atomic E-state index is 19.4. The van der Waals surface area contributed by atoms with E-state index in [1.165, 1.54) is 27.7 Å². The normalized spacial score (nSPS) is 21.4. The number of halogens is 4. The highest BCUT2D eigenvalue weighted by molar-refractivity contribution is 6.86. The summed E-state index contributed by atoms with van der Waals surface area (Å²) in [4.78, 5) is 0. The van der Waals surface area contributed by atoms with Gasteiger partial charge in [-0.1, -0.05) is 156 Å². The molecule has 0 heterocycles. The molecule has 0 rings (SSSR count). The Morgan fingerprint density at radius 3 is 0.488 bits per heavy atom. The van der Waals surface area contributed by atoms with E-state index in [-0.39, 0.29) is 0 Å². The second-order valence-corrected chi connectivity index (χ2v) is 36.2. The van der Waals surface area contributed by atoms with Crippen molar-refractivity contribution in [2.75, 3.05) is 0 Å². The third-order valence-corrected chi connectivity index (χ3v) is 39.8. The van der Waals surface area contributed by atoms with E-state index in [1.807, 2.05) is 83.1 Å². The molecule has 0 aromatic rings. The quantitative estimate of drug-likeness (QED) is 0.0528. The van der Waals surface area contributed by atoms with Crippen LogP contribution in [0.4, 0.5) is 17.6 Å². The molecule has 4 unspecified atom stereocenters. The topological polar surface area (TPSA) is 0 Å². The molecular weight excluding hydrogens is 587 g/mol. The van der Waals surface area contributed by atoms with Gasteiger partial charge in [-0.25, -0.2) is 4.48 Å². The van der Waals surface area contributed by atoms with Gasteiger partial charge in [0, 0.05) is 27.7 Å². The highest BCUT2D eigenvalue weighted by Crippen LogP contribution is 2.66. The Bertz CT molecular complexity index is 633. The number of alkyl halides is 4. The minimum atomic E-state index is -3.11. The Hall–Kier alpha value is 0.548. The van der Waals surface area contributed by atoms with Gasteiger partial charge in [-0.3, -0.25) is 0 Å². The first kappa shape index (κ1) is 41.5. The molecule has 0 aliphatic heterocycles. The third kappa shape index (κ3) is 5.11. The smallest absolute Gasteiger partial charge is 0.217 e. The summed E-state index contributed by atoms with van der Waals surface area (Å²) < 4.78 is 76.4. The van der Waals surface area contributed by atoms with Crippen LogP contribution in [0.1, 0.15) is 111 Å². The van der Waals surface area contributed by atoms with E-state index in [2.05, 4.69) is 0 Å². The van der Waals surface area contributed by atoms with E-state index in [0.717, 1.165) is 0 Å². The summed E-state index contributed by atoms with van der Waals surface area (Å²) >= 11 is 0. The number of quaternary nitrogens is 1. The van der Waals surface area contributed by atoms with Crippen LogP contribution in [-0.4, -0.2) is 58.4 Å². The molecule has 9 heteroatoms. The van der Waals surface area contributed by atoms with Crippen LogP contribution in [0.5, 0.6) is 0 Å². The van der Waals surface area contributed by atoms with E-state index in [1.54, 1.807) is 0 Å². The molecule has 0 N–H and O–H groups in total. The first-order chi connectivity index (χ1) is 18.7. The lowest BCUT2D eigenvalue weighted by atomic mass is 10.2. The lowest BCUT2D eigenvalue weighted by Crippen LogP contribution is -2.98. The fourth-order valence-corrected chi connectivity index (χ4v) is 30.4. The van der Waals surface area contributed by atoms with Crippen LogP contribution < -0.4 is 0 Å². The van der Waals surface area contributed by atoms with Crippen molar-refractivity contribution >= 4 is 32.3 Å². The molecule has 0 fully saturated rings.